The Morgan fingerprint density at radius 2 is 0.907 bits per heavy atom. The number of rotatable bonds is 4. The molecular formula is C39H25N3S. The number of nitrogens with zero attached hydrogens (tertiary/aromatic N) is 3. The van der Waals surface area contributed by atoms with Crippen LogP contribution in [0.2, 0.25) is 0 Å². The highest BCUT2D eigenvalue weighted by Gasteiger charge is 2.23. The highest BCUT2D eigenvalue weighted by Crippen LogP contribution is 2.45. The molecule has 3 heterocycles. The summed E-state index contributed by atoms with van der Waals surface area (Å²) in [5.41, 5.74) is 9.22. The van der Waals surface area contributed by atoms with Crippen LogP contribution >= 0.6 is 11.3 Å². The molecule has 0 fully saturated rings. The van der Waals surface area contributed by atoms with Crippen LogP contribution in [-0.4, -0.2) is 14.1 Å². The van der Waals surface area contributed by atoms with Crippen molar-refractivity contribution in [2.75, 3.05) is 0 Å². The lowest BCUT2D eigenvalue weighted by Gasteiger charge is -2.08. The first-order chi connectivity index (χ1) is 21.4. The Hall–Kier alpha value is -5.45. The van der Waals surface area contributed by atoms with E-state index in [4.69, 9.17) is 4.98 Å². The van der Waals surface area contributed by atoms with Crippen molar-refractivity contribution in [1.82, 2.24) is 14.1 Å². The molecule has 6 aromatic carbocycles. The van der Waals surface area contributed by atoms with E-state index < -0.39 is 0 Å². The molecule has 0 atom stereocenters. The molecule has 0 amide bonds. The van der Waals surface area contributed by atoms with Crippen molar-refractivity contribution in [2.24, 2.45) is 0 Å². The minimum absolute atomic E-state index is 0.968. The van der Waals surface area contributed by atoms with Gasteiger partial charge >= 0.3 is 0 Å². The topological polar surface area (TPSA) is 22.8 Å². The van der Waals surface area contributed by atoms with Crippen LogP contribution in [0.25, 0.3) is 76.1 Å². The van der Waals surface area contributed by atoms with Gasteiger partial charge in [0.1, 0.15) is 0 Å². The first kappa shape index (κ1) is 24.2. The molecule has 0 aliphatic heterocycles. The zero-order chi connectivity index (χ0) is 28.3. The average molecular weight is 568 g/mol. The molecule has 0 radical (unpaired) electrons. The summed E-state index contributed by atoms with van der Waals surface area (Å²) >= 11 is 1.75. The normalized spacial score (nSPS) is 11.7. The third-order valence-electron chi connectivity index (χ3n) is 8.38. The van der Waals surface area contributed by atoms with Crippen molar-refractivity contribution in [3.05, 3.63) is 152 Å². The fourth-order valence-electron chi connectivity index (χ4n) is 6.56. The standard InChI is InChI=1S/C39H25N3S/c1-4-14-26(15-5-1)37-38(27-16-6-2-7-17-27)43-39(40-37)42-32-23-13-11-21-30(32)36-34(42)25-24-33-35(36)29-20-10-12-22-31(29)41(33)28-18-8-3-9-19-28/h1-25H. The summed E-state index contributed by atoms with van der Waals surface area (Å²) in [4.78, 5) is 6.55. The first-order valence-electron chi connectivity index (χ1n) is 14.5. The number of fused-ring (bicyclic) bond motifs is 7. The minimum Gasteiger partial charge on any atom is -0.309 e. The molecule has 0 N–H and O–H groups in total. The number of benzene rings is 6. The Morgan fingerprint density at radius 1 is 0.419 bits per heavy atom. The van der Waals surface area contributed by atoms with Crippen molar-refractivity contribution in [3.8, 4) is 32.5 Å². The van der Waals surface area contributed by atoms with E-state index in [1.807, 2.05) is 0 Å². The quantitative estimate of drug-likeness (QED) is 0.207. The van der Waals surface area contributed by atoms with Crippen LogP contribution in [-0.2, 0) is 0 Å². The maximum absolute atomic E-state index is 5.37. The SMILES string of the molecule is c1ccc(-c2nc(-n3c4ccccc4c4c5c6ccccc6n(-c6ccccc6)c5ccc43)sc2-c2ccccc2)cc1. The molecule has 3 aromatic heterocycles. The van der Waals surface area contributed by atoms with Crippen molar-refractivity contribution >= 4 is 54.9 Å². The maximum Gasteiger partial charge on any atom is 0.195 e. The molecule has 0 unspecified atom stereocenters. The van der Waals surface area contributed by atoms with Gasteiger partial charge in [-0.2, -0.15) is 0 Å². The fourth-order valence-corrected chi connectivity index (χ4v) is 7.68. The summed E-state index contributed by atoms with van der Waals surface area (Å²) in [5, 5.41) is 5.99. The lowest BCUT2D eigenvalue weighted by atomic mass is 10.1. The molecule has 9 rings (SSSR count). The van der Waals surface area contributed by atoms with Crippen LogP contribution in [0.3, 0.4) is 0 Å². The number of aromatic nitrogens is 3. The molecule has 0 saturated carbocycles. The molecular weight excluding hydrogens is 543 g/mol. The lowest BCUT2D eigenvalue weighted by molar-refractivity contribution is 1.14. The third kappa shape index (κ3) is 3.64. The smallest absolute Gasteiger partial charge is 0.195 e. The van der Waals surface area contributed by atoms with Crippen LogP contribution in [0.1, 0.15) is 0 Å². The molecule has 202 valence electrons. The Balaban J connectivity index is 1.40. The van der Waals surface area contributed by atoms with Gasteiger partial charge in [0, 0.05) is 32.8 Å². The predicted octanol–water partition coefficient (Wildman–Crippen LogP) is 10.7. The second-order valence-corrected chi connectivity index (χ2v) is 11.8. The first-order valence-corrected chi connectivity index (χ1v) is 15.3. The third-order valence-corrected chi connectivity index (χ3v) is 9.47. The largest absolute Gasteiger partial charge is 0.309 e. The van der Waals surface area contributed by atoms with Crippen molar-refractivity contribution < 1.29 is 0 Å². The summed E-state index contributed by atoms with van der Waals surface area (Å²) in [6, 6.07) is 53.9. The molecule has 3 nitrogen and oxygen atoms in total. The Bertz CT molecular complexity index is 2380. The molecule has 4 heteroatoms. The van der Waals surface area contributed by atoms with Crippen LogP contribution in [0, 0.1) is 0 Å². The van der Waals surface area contributed by atoms with E-state index in [1.165, 1.54) is 43.0 Å². The van der Waals surface area contributed by atoms with E-state index in [-0.39, 0.29) is 0 Å². The highest BCUT2D eigenvalue weighted by molar-refractivity contribution is 7.18. The van der Waals surface area contributed by atoms with Gasteiger partial charge in [0.15, 0.2) is 5.13 Å². The van der Waals surface area contributed by atoms with Crippen LogP contribution in [0.4, 0.5) is 0 Å². The van der Waals surface area contributed by atoms with Gasteiger partial charge in [-0.05, 0) is 42.0 Å². The Kier molecular flexibility index (Phi) is 5.37. The van der Waals surface area contributed by atoms with E-state index in [0.717, 1.165) is 33.1 Å². The van der Waals surface area contributed by atoms with Crippen molar-refractivity contribution in [2.45, 2.75) is 0 Å². The second kappa shape index (κ2) is 9.55. The van der Waals surface area contributed by atoms with Gasteiger partial charge in [-0.3, -0.25) is 4.57 Å². The van der Waals surface area contributed by atoms with Gasteiger partial charge in [0.05, 0.1) is 32.6 Å². The van der Waals surface area contributed by atoms with Crippen molar-refractivity contribution in [1.29, 1.82) is 0 Å². The zero-order valence-electron chi connectivity index (χ0n) is 23.2. The summed E-state index contributed by atoms with van der Waals surface area (Å²) in [5.74, 6) is 0. The average Bonchev–Trinajstić information content (AvgIpc) is 3.76. The molecule has 43 heavy (non-hydrogen) atoms. The molecule has 0 aliphatic carbocycles. The van der Waals surface area contributed by atoms with E-state index in [2.05, 4.69) is 161 Å². The Morgan fingerprint density at radius 3 is 1.53 bits per heavy atom. The van der Waals surface area contributed by atoms with E-state index in [9.17, 15) is 0 Å². The number of hydrogen-bond acceptors (Lipinski definition) is 2. The molecule has 0 aliphatic rings. The van der Waals surface area contributed by atoms with E-state index in [1.54, 1.807) is 11.3 Å². The van der Waals surface area contributed by atoms with Gasteiger partial charge < -0.3 is 4.57 Å². The monoisotopic (exact) mass is 567 g/mol. The lowest BCUT2D eigenvalue weighted by Crippen LogP contribution is -1.94. The summed E-state index contributed by atoms with van der Waals surface area (Å²) < 4.78 is 4.75. The number of thiazole rings is 1. The summed E-state index contributed by atoms with van der Waals surface area (Å²) in [7, 11) is 0. The molecule has 0 saturated heterocycles. The van der Waals surface area contributed by atoms with E-state index in [0.29, 0.717) is 0 Å². The molecule has 0 spiro atoms. The number of hydrogen-bond donors (Lipinski definition) is 0. The van der Waals surface area contributed by atoms with Gasteiger partial charge in [0.2, 0.25) is 0 Å². The molecule has 0 bridgehead atoms. The van der Waals surface area contributed by atoms with Crippen molar-refractivity contribution in [3.63, 3.8) is 0 Å². The highest BCUT2D eigenvalue weighted by atomic mass is 32.1. The summed E-state index contributed by atoms with van der Waals surface area (Å²) in [6.07, 6.45) is 0. The minimum atomic E-state index is 0.968. The predicted molar refractivity (Wildman–Crippen MR) is 182 cm³/mol. The van der Waals surface area contributed by atoms with Gasteiger partial charge in [0.25, 0.3) is 0 Å². The maximum atomic E-state index is 5.37. The van der Waals surface area contributed by atoms with Crippen LogP contribution < -0.4 is 0 Å². The van der Waals surface area contributed by atoms with Gasteiger partial charge in [-0.1, -0.05) is 127 Å². The zero-order valence-corrected chi connectivity index (χ0v) is 24.0. The van der Waals surface area contributed by atoms with Gasteiger partial charge in [-0.25, -0.2) is 4.98 Å². The van der Waals surface area contributed by atoms with Crippen LogP contribution in [0.5, 0.6) is 0 Å². The number of para-hydroxylation sites is 3. The van der Waals surface area contributed by atoms with Gasteiger partial charge in [-0.15, -0.1) is 0 Å². The fraction of sp³-hybridized carbons (Fsp3) is 0. The Labute approximate surface area is 252 Å². The van der Waals surface area contributed by atoms with Crippen LogP contribution in [0.15, 0.2) is 152 Å². The van der Waals surface area contributed by atoms with E-state index >= 15 is 0 Å². The second-order valence-electron chi connectivity index (χ2n) is 10.8. The molecule has 9 aromatic rings. The summed E-state index contributed by atoms with van der Waals surface area (Å²) in [6.45, 7) is 0.